The van der Waals surface area contributed by atoms with Crippen LogP contribution in [0.25, 0.3) is 0 Å². The Balaban J connectivity index is 3.45. The molecule has 5 nitrogen and oxygen atoms in total. The van der Waals surface area contributed by atoms with E-state index in [2.05, 4.69) is 6.92 Å². The topological polar surface area (TPSA) is 94.8 Å². The van der Waals surface area contributed by atoms with Crippen molar-refractivity contribution in [1.29, 1.82) is 0 Å². The highest BCUT2D eigenvalue weighted by molar-refractivity contribution is 5.86. The molecule has 0 spiro atoms. The zero-order chi connectivity index (χ0) is 22.6. The zero-order valence-electron chi connectivity index (χ0n) is 19.6. The smallest absolute Gasteiger partial charge is 0.164 e. The minimum atomic E-state index is -1.44. The number of unbranched alkanes of at least 4 members (excludes halogenated alkanes) is 14. The fourth-order valence-corrected chi connectivity index (χ4v) is 3.69. The van der Waals surface area contributed by atoms with E-state index in [4.69, 9.17) is 5.11 Å². The predicted octanol–water partition coefficient (Wildman–Crippen LogP) is 5.27. The zero-order valence-corrected chi connectivity index (χ0v) is 19.6. The Hall–Kier alpha value is -0.780. The summed E-state index contributed by atoms with van der Waals surface area (Å²) in [4.78, 5) is 23.5. The van der Waals surface area contributed by atoms with Crippen LogP contribution in [0, 0.1) is 0 Å². The van der Waals surface area contributed by atoms with Gasteiger partial charge in [0.05, 0.1) is 6.10 Å². The van der Waals surface area contributed by atoms with E-state index in [1.165, 1.54) is 84.0 Å². The first-order valence-electron chi connectivity index (χ1n) is 12.5. The molecule has 5 heteroatoms. The van der Waals surface area contributed by atoms with E-state index in [1.54, 1.807) is 0 Å². The summed E-state index contributed by atoms with van der Waals surface area (Å²) < 4.78 is 0. The molecule has 0 aliphatic heterocycles. The van der Waals surface area contributed by atoms with Crippen LogP contribution in [0.5, 0.6) is 0 Å². The van der Waals surface area contributed by atoms with E-state index in [0.29, 0.717) is 6.42 Å². The molecule has 3 atom stereocenters. The maximum absolute atomic E-state index is 11.9. The Labute approximate surface area is 184 Å². The standard InChI is InChI=1S/C25H48O5/c1-3-4-5-6-7-8-9-10-11-12-13-14-15-16-17-18-22(27)23(28)19-20-24(29)25(30)21(2)26/h21,23,25-26,28,30H,3-20H2,1-2H3. The highest BCUT2D eigenvalue weighted by atomic mass is 16.3. The third kappa shape index (κ3) is 17.0. The van der Waals surface area contributed by atoms with E-state index in [-0.39, 0.29) is 18.6 Å². The van der Waals surface area contributed by atoms with Gasteiger partial charge in [-0.05, 0) is 19.8 Å². The van der Waals surface area contributed by atoms with E-state index < -0.39 is 24.1 Å². The van der Waals surface area contributed by atoms with Crippen molar-refractivity contribution in [1.82, 2.24) is 0 Å². The molecule has 0 aliphatic carbocycles. The van der Waals surface area contributed by atoms with Crippen LogP contribution in [-0.4, -0.2) is 45.2 Å². The molecule has 0 rings (SSSR count). The number of aliphatic hydroxyl groups is 3. The number of aliphatic hydroxyl groups excluding tert-OH is 3. The Bertz CT molecular complexity index is 422. The molecular weight excluding hydrogens is 380 g/mol. The van der Waals surface area contributed by atoms with Crippen molar-refractivity contribution in [2.45, 2.75) is 148 Å². The molecule has 0 aromatic carbocycles. The van der Waals surface area contributed by atoms with Crippen molar-refractivity contribution in [2.24, 2.45) is 0 Å². The minimum Gasteiger partial charge on any atom is -0.390 e. The fraction of sp³-hybridized carbons (Fsp3) is 0.920. The number of carbonyl (C=O) groups excluding carboxylic acids is 2. The molecular formula is C25H48O5. The normalized spacial score (nSPS) is 14.4. The van der Waals surface area contributed by atoms with Crippen LogP contribution in [0.15, 0.2) is 0 Å². The first kappa shape index (κ1) is 29.2. The maximum Gasteiger partial charge on any atom is 0.164 e. The average Bonchev–Trinajstić information content (AvgIpc) is 2.73. The number of hydrogen-bond donors (Lipinski definition) is 3. The lowest BCUT2D eigenvalue weighted by molar-refractivity contribution is -0.133. The van der Waals surface area contributed by atoms with Gasteiger partial charge in [-0.3, -0.25) is 9.59 Å². The summed E-state index contributed by atoms with van der Waals surface area (Å²) in [7, 11) is 0. The highest BCUT2D eigenvalue weighted by Crippen LogP contribution is 2.14. The Kier molecular flexibility index (Phi) is 19.6. The molecule has 0 heterocycles. The van der Waals surface area contributed by atoms with Crippen LogP contribution in [0.1, 0.15) is 129 Å². The predicted molar refractivity (Wildman–Crippen MR) is 122 cm³/mol. The molecule has 0 bridgehead atoms. The van der Waals surface area contributed by atoms with Gasteiger partial charge in [-0.1, -0.05) is 96.8 Å². The van der Waals surface area contributed by atoms with E-state index in [9.17, 15) is 19.8 Å². The Morgan fingerprint density at radius 3 is 1.40 bits per heavy atom. The molecule has 0 amide bonds. The summed E-state index contributed by atoms with van der Waals surface area (Å²) in [6.07, 6.45) is 15.6. The second kappa shape index (κ2) is 20.1. The summed E-state index contributed by atoms with van der Waals surface area (Å²) in [6, 6.07) is 0. The summed E-state index contributed by atoms with van der Waals surface area (Å²) in [5, 5.41) is 28.5. The molecule has 0 aliphatic rings. The lowest BCUT2D eigenvalue weighted by atomic mass is 9.99. The van der Waals surface area contributed by atoms with Crippen LogP contribution in [0.3, 0.4) is 0 Å². The first-order chi connectivity index (χ1) is 14.4. The molecule has 3 N–H and O–H groups in total. The van der Waals surface area contributed by atoms with Gasteiger partial charge in [0.2, 0.25) is 0 Å². The molecule has 0 saturated carbocycles. The van der Waals surface area contributed by atoms with Crippen molar-refractivity contribution in [3.05, 3.63) is 0 Å². The van der Waals surface area contributed by atoms with Gasteiger partial charge in [0.1, 0.15) is 12.2 Å². The third-order valence-electron chi connectivity index (χ3n) is 5.85. The molecule has 3 unspecified atom stereocenters. The first-order valence-corrected chi connectivity index (χ1v) is 12.5. The van der Waals surface area contributed by atoms with Gasteiger partial charge < -0.3 is 15.3 Å². The van der Waals surface area contributed by atoms with Crippen LogP contribution in [0.4, 0.5) is 0 Å². The van der Waals surface area contributed by atoms with Crippen LogP contribution in [0.2, 0.25) is 0 Å². The number of ketones is 2. The fourth-order valence-electron chi connectivity index (χ4n) is 3.69. The summed E-state index contributed by atoms with van der Waals surface area (Å²) in [5.74, 6) is -0.771. The largest absolute Gasteiger partial charge is 0.390 e. The lowest BCUT2D eigenvalue weighted by Gasteiger charge is -2.13. The molecule has 30 heavy (non-hydrogen) atoms. The van der Waals surface area contributed by atoms with E-state index >= 15 is 0 Å². The van der Waals surface area contributed by atoms with Gasteiger partial charge >= 0.3 is 0 Å². The average molecular weight is 429 g/mol. The van der Waals surface area contributed by atoms with Gasteiger partial charge in [0.15, 0.2) is 11.6 Å². The van der Waals surface area contributed by atoms with Crippen molar-refractivity contribution in [2.75, 3.05) is 0 Å². The highest BCUT2D eigenvalue weighted by Gasteiger charge is 2.22. The van der Waals surface area contributed by atoms with Gasteiger partial charge in [0, 0.05) is 12.8 Å². The third-order valence-corrected chi connectivity index (χ3v) is 5.85. The second-order valence-corrected chi connectivity index (χ2v) is 8.87. The van der Waals surface area contributed by atoms with Crippen LogP contribution < -0.4 is 0 Å². The van der Waals surface area contributed by atoms with Crippen molar-refractivity contribution in [3.63, 3.8) is 0 Å². The number of carbonyl (C=O) groups is 2. The molecule has 0 radical (unpaired) electrons. The molecule has 0 fully saturated rings. The van der Waals surface area contributed by atoms with Crippen molar-refractivity contribution in [3.8, 4) is 0 Å². The number of rotatable bonds is 22. The van der Waals surface area contributed by atoms with Crippen molar-refractivity contribution < 1.29 is 24.9 Å². The van der Waals surface area contributed by atoms with E-state index in [0.717, 1.165) is 19.3 Å². The van der Waals surface area contributed by atoms with Gasteiger partial charge in [-0.25, -0.2) is 0 Å². The van der Waals surface area contributed by atoms with Crippen molar-refractivity contribution >= 4 is 11.6 Å². The lowest BCUT2D eigenvalue weighted by Crippen LogP contribution is -2.32. The SMILES string of the molecule is CCCCCCCCCCCCCCCCCC(=O)C(O)CCC(=O)C(O)C(C)O. The Morgan fingerprint density at radius 2 is 1.00 bits per heavy atom. The van der Waals surface area contributed by atoms with Crippen LogP contribution >= 0.6 is 0 Å². The van der Waals surface area contributed by atoms with Gasteiger partial charge in [0.25, 0.3) is 0 Å². The van der Waals surface area contributed by atoms with Gasteiger partial charge in [-0.15, -0.1) is 0 Å². The van der Waals surface area contributed by atoms with Crippen LogP contribution in [-0.2, 0) is 9.59 Å². The second-order valence-electron chi connectivity index (χ2n) is 8.87. The molecule has 0 aromatic rings. The molecule has 0 saturated heterocycles. The maximum atomic E-state index is 11.9. The monoisotopic (exact) mass is 428 g/mol. The number of hydrogen-bond acceptors (Lipinski definition) is 5. The molecule has 0 aromatic heterocycles. The minimum absolute atomic E-state index is 0.0141. The molecule has 178 valence electrons. The number of Topliss-reactive ketones (excluding diaryl/α,β-unsaturated/α-hetero) is 2. The quantitative estimate of drug-likeness (QED) is 0.204. The summed E-state index contributed by atoms with van der Waals surface area (Å²) >= 11 is 0. The Morgan fingerprint density at radius 1 is 0.600 bits per heavy atom. The summed E-state index contributed by atoms with van der Waals surface area (Å²) in [6.45, 7) is 3.59. The van der Waals surface area contributed by atoms with Gasteiger partial charge in [-0.2, -0.15) is 0 Å². The van der Waals surface area contributed by atoms with E-state index in [1.807, 2.05) is 0 Å². The summed E-state index contributed by atoms with van der Waals surface area (Å²) in [5.41, 5.74) is 0.